The molecule has 0 unspecified atom stereocenters. The van der Waals surface area contributed by atoms with Crippen molar-refractivity contribution in [2.45, 2.75) is 28.9 Å². The molecule has 4 nitrogen and oxygen atoms in total. The van der Waals surface area contributed by atoms with Gasteiger partial charge in [-0.1, -0.05) is 42.1 Å². The van der Waals surface area contributed by atoms with Gasteiger partial charge in [0.05, 0.1) is 11.6 Å². The molecular formula is C16H13F3N2O2S2. The lowest BCUT2D eigenvalue weighted by atomic mass is 10.1. The topological polar surface area (TPSA) is 58.5 Å². The van der Waals surface area contributed by atoms with Gasteiger partial charge >= 0.3 is 6.18 Å². The van der Waals surface area contributed by atoms with Crippen LogP contribution in [0.2, 0.25) is 0 Å². The number of hydrogen-bond acceptors (Lipinski definition) is 4. The van der Waals surface area contributed by atoms with E-state index in [1.807, 2.05) is 30.3 Å². The van der Waals surface area contributed by atoms with E-state index in [1.54, 1.807) is 6.92 Å². The summed E-state index contributed by atoms with van der Waals surface area (Å²) in [6.07, 6.45) is -4.61. The van der Waals surface area contributed by atoms with E-state index in [2.05, 4.69) is 9.71 Å². The predicted molar refractivity (Wildman–Crippen MR) is 89.9 cm³/mol. The Bertz CT molecular complexity index is 926. The third-order valence-corrected chi connectivity index (χ3v) is 6.20. The smallest absolute Gasteiger partial charge is 0.258 e. The maximum Gasteiger partial charge on any atom is 0.416 e. The maximum atomic E-state index is 12.8. The van der Waals surface area contributed by atoms with Crippen LogP contribution in [0.1, 0.15) is 24.1 Å². The first-order chi connectivity index (χ1) is 11.7. The Labute approximate surface area is 147 Å². The fourth-order valence-electron chi connectivity index (χ4n) is 2.31. The van der Waals surface area contributed by atoms with Gasteiger partial charge < -0.3 is 0 Å². The molecule has 0 amide bonds. The summed E-state index contributed by atoms with van der Waals surface area (Å²) in [5.74, 6) is 0. The Kier molecular flexibility index (Phi) is 4.54. The first kappa shape index (κ1) is 17.8. The molecule has 1 heterocycles. The van der Waals surface area contributed by atoms with Gasteiger partial charge in [0.15, 0.2) is 5.17 Å². The fourth-order valence-corrected chi connectivity index (χ4v) is 4.98. The summed E-state index contributed by atoms with van der Waals surface area (Å²) in [5, 5.41) is 0.128. The van der Waals surface area contributed by atoms with E-state index < -0.39 is 26.7 Å². The number of benzene rings is 2. The summed E-state index contributed by atoms with van der Waals surface area (Å²) in [6, 6.07) is 11.6. The second-order valence-electron chi connectivity index (χ2n) is 5.39. The number of sulfonamides is 1. The molecule has 2 aromatic carbocycles. The minimum Gasteiger partial charge on any atom is -0.258 e. The summed E-state index contributed by atoms with van der Waals surface area (Å²) in [4.78, 5) is 4.16. The van der Waals surface area contributed by atoms with Crippen LogP contribution < -0.4 is 4.72 Å². The van der Waals surface area contributed by atoms with Crippen molar-refractivity contribution in [3.8, 4) is 0 Å². The van der Waals surface area contributed by atoms with E-state index in [0.29, 0.717) is 6.07 Å². The minimum atomic E-state index is -4.61. The Morgan fingerprint density at radius 3 is 2.44 bits per heavy atom. The van der Waals surface area contributed by atoms with Crippen molar-refractivity contribution in [2.75, 3.05) is 0 Å². The van der Waals surface area contributed by atoms with Crippen molar-refractivity contribution >= 4 is 27.0 Å². The Morgan fingerprint density at radius 1 is 1.12 bits per heavy atom. The highest BCUT2D eigenvalue weighted by molar-refractivity contribution is 8.16. The van der Waals surface area contributed by atoms with Gasteiger partial charge in [-0.3, -0.25) is 9.71 Å². The zero-order valence-electron chi connectivity index (χ0n) is 12.9. The second kappa shape index (κ2) is 6.38. The van der Waals surface area contributed by atoms with Crippen LogP contribution >= 0.6 is 11.8 Å². The molecule has 1 N–H and O–H groups in total. The van der Waals surface area contributed by atoms with Crippen molar-refractivity contribution in [1.82, 2.24) is 4.72 Å². The fraction of sp³-hybridized carbons (Fsp3) is 0.188. The van der Waals surface area contributed by atoms with Crippen LogP contribution in [0.25, 0.3) is 0 Å². The average Bonchev–Trinajstić information content (AvgIpc) is 2.54. The van der Waals surface area contributed by atoms with Crippen LogP contribution in [-0.4, -0.2) is 13.6 Å². The Morgan fingerprint density at radius 2 is 1.80 bits per heavy atom. The number of alkyl halides is 3. The van der Waals surface area contributed by atoms with Crippen LogP contribution in [-0.2, 0) is 16.2 Å². The van der Waals surface area contributed by atoms with Gasteiger partial charge in [0.1, 0.15) is 4.90 Å². The molecule has 0 fully saturated rings. The summed E-state index contributed by atoms with van der Waals surface area (Å²) in [7, 11) is -4.10. The van der Waals surface area contributed by atoms with E-state index >= 15 is 0 Å². The molecule has 25 heavy (non-hydrogen) atoms. The lowest BCUT2D eigenvalue weighted by Gasteiger charge is -2.21. The van der Waals surface area contributed by atoms with Gasteiger partial charge in [-0.15, -0.1) is 0 Å². The van der Waals surface area contributed by atoms with Crippen molar-refractivity contribution in [1.29, 1.82) is 0 Å². The SMILES string of the molecule is C[C@@H](N=C1NS(=O)(=O)c2cc(C(F)(F)F)ccc2S1)c1ccccc1. The number of hydrogen-bond donors (Lipinski definition) is 1. The number of nitrogens with zero attached hydrogens (tertiary/aromatic N) is 1. The Balaban J connectivity index is 1.96. The molecule has 132 valence electrons. The van der Waals surface area contributed by atoms with E-state index in [-0.39, 0.29) is 16.1 Å². The molecule has 0 bridgehead atoms. The monoisotopic (exact) mass is 386 g/mol. The van der Waals surface area contributed by atoms with Crippen LogP contribution in [0, 0.1) is 0 Å². The van der Waals surface area contributed by atoms with E-state index in [9.17, 15) is 21.6 Å². The normalized spacial score (nSPS) is 19.1. The first-order valence-electron chi connectivity index (χ1n) is 7.21. The quantitative estimate of drug-likeness (QED) is 0.841. The zero-order valence-corrected chi connectivity index (χ0v) is 14.5. The lowest BCUT2D eigenvalue weighted by Crippen LogP contribution is -2.33. The number of halogens is 3. The van der Waals surface area contributed by atoms with Crippen molar-refractivity contribution in [3.05, 3.63) is 59.7 Å². The number of aliphatic imine (C=N–C) groups is 1. The minimum absolute atomic E-state index is 0.128. The number of amidine groups is 1. The van der Waals surface area contributed by atoms with Gasteiger partial charge in [-0.2, -0.15) is 13.2 Å². The largest absolute Gasteiger partial charge is 0.416 e. The standard InChI is InChI=1S/C16H13F3N2O2S2/c1-10(11-5-3-2-4-6-11)20-15-21-25(22,23)14-9-12(16(17,18)19)7-8-13(14)24-15/h2-10H,1H3,(H,20,21)/t10-/m1/s1. The molecule has 0 radical (unpaired) electrons. The van der Waals surface area contributed by atoms with Gasteiger partial charge in [0, 0.05) is 4.90 Å². The van der Waals surface area contributed by atoms with Crippen molar-refractivity contribution < 1.29 is 21.6 Å². The molecule has 2 aromatic rings. The van der Waals surface area contributed by atoms with Crippen molar-refractivity contribution in [3.63, 3.8) is 0 Å². The third kappa shape index (κ3) is 3.82. The van der Waals surface area contributed by atoms with Crippen LogP contribution in [0.4, 0.5) is 13.2 Å². The first-order valence-corrected chi connectivity index (χ1v) is 9.51. The molecule has 3 rings (SSSR count). The highest BCUT2D eigenvalue weighted by atomic mass is 32.2. The highest BCUT2D eigenvalue weighted by Crippen LogP contribution is 2.37. The number of rotatable bonds is 2. The number of thioether (sulfide) groups is 1. The Hall–Kier alpha value is -2.00. The van der Waals surface area contributed by atoms with Crippen LogP contribution in [0.3, 0.4) is 0 Å². The molecule has 9 heteroatoms. The molecular weight excluding hydrogens is 373 g/mol. The average molecular weight is 386 g/mol. The summed E-state index contributed by atoms with van der Waals surface area (Å²) < 4.78 is 65.3. The highest BCUT2D eigenvalue weighted by Gasteiger charge is 2.35. The summed E-state index contributed by atoms with van der Waals surface area (Å²) in [5.41, 5.74) is -0.108. The molecule has 0 aromatic heterocycles. The van der Waals surface area contributed by atoms with Crippen LogP contribution in [0.5, 0.6) is 0 Å². The van der Waals surface area contributed by atoms with Crippen molar-refractivity contribution in [2.24, 2.45) is 4.99 Å². The summed E-state index contributed by atoms with van der Waals surface area (Å²) >= 11 is 0.994. The van der Waals surface area contributed by atoms with Gasteiger partial charge in [-0.05, 0) is 30.7 Å². The van der Waals surface area contributed by atoms with Gasteiger partial charge in [0.25, 0.3) is 10.0 Å². The van der Waals surface area contributed by atoms with Gasteiger partial charge in [0.2, 0.25) is 0 Å². The summed E-state index contributed by atoms with van der Waals surface area (Å²) in [6.45, 7) is 1.81. The molecule has 0 spiro atoms. The zero-order chi connectivity index (χ0) is 18.2. The molecule has 0 saturated heterocycles. The molecule has 1 aliphatic rings. The lowest BCUT2D eigenvalue weighted by molar-refractivity contribution is -0.137. The molecule has 0 aliphatic carbocycles. The molecule has 0 saturated carbocycles. The van der Waals surface area contributed by atoms with E-state index in [4.69, 9.17) is 0 Å². The predicted octanol–water partition coefficient (Wildman–Crippen LogP) is 4.21. The third-order valence-electron chi connectivity index (χ3n) is 3.58. The number of fused-ring (bicyclic) bond motifs is 1. The van der Waals surface area contributed by atoms with E-state index in [0.717, 1.165) is 29.5 Å². The second-order valence-corrected chi connectivity index (χ2v) is 8.07. The van der Waals surface area contributed by atoms with Crippen LogP contribution in [0.15, 0.2) is 63.3 Å². The van der Waals surface area contributed by atoms with Gasteiger partial charge in [-0.25, -0.2) is 8.42 Å². The molecule has 1 aliphatic heterocycles. The van der Waals surface area contributed by atoms with E-state index in [1.165, 1.54) is 0 Å². The number of nitrogens with one attached hydrogen (secondary N) is 1. The maximum absolute atomic E-state index is 12.8. The molecule has 1 atom stereocenters.